The van der Waals surface area contributed by atoms with Gasteiger partial charge < -0.3 is 9.73 Å². The Bertz CT molecular complexity index is 1200. The summed E-state index contributed by atoms with van der Waals surface area (Å²) < 4.78 is 7.15. The van der Waals surface area contributed by atoms with E-state index in [0.29, 0.717) is 33.1 Å². The fourth-order valence-electron chi connectivity index (χ4n) is 2.79. The molecule has 1 aromatic carbocycles. The van der Waals surface area contributed by atoms with Gasteiger partial charge in [0.2, 0.25) is 5.91 Å². The highest BCUT2D eigenvalue weighted by Crippen LogP contribution is 2.26. The van der Waals surface area contributed by atoms with E-state index < -0.39 is 0 Å². The lowest BCUT2D eigenvalue weighted by Crippen LogP contribution is -2.18. The maximum atomic E-state index is 12.5. The molecule has 148 valence electrons. The quantitative estimate of drug-likeness (QED) is 0.477. The van der Waals surface area contributed by atoms with Gasteiger partial charge in [-0.3, -0.25) is 4.79 Å². The van der Waals surface area contributed by atoms with Crippen LogP contribution in [0.1, 0.15) is 17.1 Å². The maximum absolute atomic E-state index is 12.5. The number of aromatic nitrogens is 5. The van der Waals surface area contributed by atoms with Crippen molar-refractivity contribution in [2.45, 2.75) is 26.0 Å². The average Bonchev–Trinajstić information content (AvgIpc) is 3.21. The normalized spacial score (nSPS) is 11.2. The molecule has 29 heavy (non-hydrogen) atoms. The molecule has 4 rings (SSSR count). The Kier molecular flexibility index (Phi) is 5.25. The molecule has 8 nitrogen and oxygen atoms in total. The minimum atomic E-state index is -0.221. The van der Waals surface area contributed by atoms with E-state index >= 15 is 0 Å². The number of anilines is 1. The van der Waals surface area contributed by atoms with Gasteiger partial charge in [-0.2, -0.15) is 9.78 Å². The van der Waals surface area contributed by atoms with Gasteiger partial charge in [0.1, 0.15) is 11.3 Å². The Morgan fingerprint density at radius 2 is 1.86 bits per heavy atom. The molecule has 0 unspecified atom stereocenters. The number of benzene rings is 1. The first-order valence-electron chi connectivity index (χ1n) is 8.75. The number of thioether (sulfide) groups is 1. The molecule has 0 fully saturated rings. The van der Waals surface area contributed by atoms with Crippen molar-refractivity contribution in [2.24, 2.45) is 0 Å². The van der Waals surface area contributed by atoms with Crippen LogP contribution in [0.3, 0.4) is 0 Å². The lowest BCUT2D eigenvalue weighted by atomic mass is 10.3. The van der Waals surface area contributed by atoms with Crippen molar-refractivity contribution < 1.29 is 9.21 Å². The van der Waals surface area contributed by atoms with Crippen LogP contribution < -0.4 is 5.32 Å². The lowest BCUT2D eigenvalue weighted by Gasteiger charge is -2.08. The first kappa shape index (κ1) is 19.4. The largest absolute Gasteiger partial charge is 0.431 e. The third kappa shape index (κ3) is 4.41. The molecule has 0 aliphatic carbocycles. The summed E-state index contributed by atoms with van der Waals surface area (Å²) in [5.74, 6) is 0.816. The second kappa shape index (κ2) is 7.84. The molecule has 0 saturated carbocycles. The number of nitrogens with one attached hydrogen (secondary N) is 1. The van der Waals surface area contributed by atoms with E-state index in [1.54, 1.807) is 24.3 Å². The zero-order chi connectivity index (χ0) is 20.5. The first-order chi connectivity index (χ1) is 13.9. The predicted octanol–water partition coefficient (Wildman–Crippen LogP) is 4.11. The molecule has 4 aromatic rings. The summed E-state index contributed by atoms with van der Waals surface area (Å²) in [6.45, 7) is 5.61. The van der Waals surface area contributed by atoms with Crippen LogP contribution in [0.15, 0.2) is 40.0 Å². The van der Waals surface area contributed by atoms with Crippen molar-refractivity contribution in [3.63, 3.8) is 0 Å². The monoisotopic (exact) mass is 428 g/mol. The van der Waals surface area contributed by atoms with Crippen LogP contribution in [0.4, 0.5) is 5.82 Å². The average molecular weight is 429 g/mol. The van der Waals surface area contributed by atoms with E-state index in [1.807, 2.05) is 26.8 Å². The number of nitrogens with zero attached hydrogens (tertiary/aromatic N) is 5. The van der Waals surface area contributed by atoms with Gasteiger partial charge in [0, 0.05) is 22.5 Å². The van der Waals surface area contributed by atoms with Crippen LogP contribution in [-0.2, 0) is 4.79 Å². The van der Waals surface area contributed by atoms with Crippen molar-refractivity contribution in [1.82, 2.24) is 24.7 Å². The molecule has 0 saturated heterocycles. The minimum Gasteiger partial charge on any atom is -0.431 e. The number of fused-ring (bicyclic) bond motifs is 1. The van der Waals surface area contributed by atoms with Crippen molar-refractivity contribution in [1.29, 1.82) is 0 Å². The van der Waals surface area contributed by atoms with Gasteiger partial charge >= 0.3 is 0 Å². The summed E-state index contributed by atoms with van der Waals surface area (Å²) in [4.78, 5) is 25.6. The standard InChI is InChI=1S/C19H17ClN6O2S/c1-10-6-11(2)22-18(21-10)26-16(7-12(3)25-26)24-17(27)9-29-19-23-14-8-13(20)4-5-15(14)28-19/h4-8H,9H2,1-3H3,(H,24,27). The van der Waals surface area contributed by atoms with Gasteiger partial charge in [0.15, 0.2) is 5.58 Å². The van der Waals surface area contributed by atoms with E-state index in [4.69, 9.17) is 16.0 Å². The summed E-state index contributed by atoms with van der Waals surface area (Å²) >= 11 is 7.16. The number of carbonyl (C=O) groups is 1. The molecule has 0 aliphatic rings. The summed E-state index contributed by atoms with van der Waals surface area (Å²) in [5, 5.41) is 8.23. The number of halogens is 1. The number of rotatable bonds is 5. The molecule has 3 aromatic heterocycles. The zero-order valence-corrected chi connectivity index (χ0v) is 17.5. The number of hydrogen-bond donors (Lipinski definition) is 1. The van der Waals surface area contributed by atoms with Gasteiger partial charge in [-0.25, -0.2) is 15.0 Å². The number of oxazole rings is 1. The Morgan fingerprint density at radius 3 is 2.62 bits per heavy atom. The molecule has 0 bridgehead atoms. The maximum Gasteiger partial charge on any atom is 0.257 e. The second-order valence-corrected chi connectivity index (χ2v) is 7.83. The highest BCUT2D eigenvalue weighted by atomic mass is 35.5. The van der Waals surface area contributed by atoms with E-state index in [9.17, 15) is 4.79 Å². The van der Waals surface area contributed by atoms with E-state index in [-0.39, 0.29) is 11.7 Å². The molecular weight excluding hydrogens is 412 g/mol. The molecule has 3 heterocycles. The smallest absolute Gasteiger partial charge is 0.257 e. The molecule has 10 heteroatoms. The second-order valence-electron chi connectivity index (χ2n) is 6.46. The SMILES string of the molecule is Cc1cc(C)nc(-n2nc(C)cc2NC(=O)CSc2nc3cc(Cl)ccc3o2)n1. The molecule has 0 spiro atoms. The van der Waals surface area contributed by atoms with Crippen molar-refractivity contribution >= 4 is 46.2 Å². The van der Waals surface area contributed by atoms with Crippen LogP contribution in [-0.4, -0.2) is 36.4 Å². The van der Waals surface area contributed by atoms with Gasteiger partial charge in [-0.05, 0) is 45.0 Å². The summed E-state index contributed by atoms with van der Waals surface area (Å²) in [6.07, 6.45) is 0. The highest BCUT2D eigenvalue weighted by Gasteiger charge is 2.15. The Hall–Kier alpha value is -2.91. The van der Waals surface area contributed by atoms with Crippen molar-refractivity contribution in [3.05, 3.63) is 52.4 Å². The Morgan fingerprint density at radius 1 is 1.10 bits per heavy atom. The van der Waals surface area contributed by atoms with Crippen LogP contribution >= 0.6 is 23.4 Å². The molecule has 1 amide bonds. The van der Waals surface area contributed by atoms with E-state index in [0.717, 1.165) is 17.1 Å². The van der Waals surface area contributed by atoms with Crippen LogP contribution in [0.25, 0.3) is 17.0 Å². The van der Waals surface area contributed by atoms with Gasteiger partial charge in [0.05, 0.1) is 11.4 Å². The van der Waals surface area contributed by atoms with Gasteiger partial charge in [-0.1, -0.05) is 23.4 Å². The zero-order valence-electron chi connectivity index (χ0n) is 15.9. The third-order valence-electron chi connectivity index (χ3n) is 3.92. The van der Waals surface area contributed by atoms with Crippen LogP contribution in [0.5, 0.6) is 0 Å². The minimum absolute atomic E-state index is 0.123. The van der Waals surface area contributed by atoms with Gasteiger partial charge in [0.25, 0.3) is 11.2 Å². The fourth-order valence-corrected chi connectivity index (χ4v) is 3.60. The fraction of sp³-hybridized carbons (Fsp3) is 0.211. The molecule has 0 aliphatic heterocycles. The van der Waals surface area contributed by atoms with Crippen LogP contribution in [0.2, 0.25) is 5.02 Å². The topological polar surface area (TPSA) is 98.7 Å². The molecule has 0 atom stereocenters. The predicted molar refractivity (Wildman–Crippen MR) is 112 cm³/mol. The summed E-state index contributed by atoms with van der Waals surface area (Å²) in [7, 11) is 0. The first-order valence-corrected chi connectivity index (χ1v) is 10.1. The Labute approximate surface area is 175 Å². The molecule has 0 radical (unpaired) electrons. The lowest BCUT2D eigenvalue weighted by molar-refractivity contribution is -0.113. The van der Waals surface area contributed by atoms with E-state index in [2.05, 4.69) is 25.4 Å². The number of carbonyl (C=O) groups excluding carboxylic acids is 1. The summed E-state index contributed by atoms with van der Waals surface area (Å²) in [5.41, 5.74) is 3.67. The third-order valence-corrected chi connectivity index (χ3v) is 4.98. The van der Waals surface area contributed by atoms with E-state index in [1.165, 1.54) is 16.4 Å². The van der Waals surface area contributed by atoms with Crippen molar-refractivity contribution in [2.75, 3.05) is 11.1 Å². The highest BCUT2D eigenvalue weighted by molar-refractivity contribution is 7.99. The van der Waals surface area contributed by atoms with Crippen molar-refractivity contribution in [3.8, 4) is 5.95 Å². The molecule has 1 N–H and O–H groups in total. The number of aryl methyl sites for hydroxylation is 3. The number of hydrogen-bond acceptors (Lipinski definition) is 7. The number of amides is 1. The summed E-state index contributed by atoms with van der Waals surface area (Å²) in [6, 6.07) is 8.84. The molecular formula is C19H17ClN6O2S. The van der Waals surface area contributed by atoms with Gasteiger partial charge in [-0.15, -0.1) is 0 Å². The Balaban J connectivity index is 1.48. The van der Waals surface area contributed by atoms with Crippen LogP contribution in [0, 0.1) is 20.8 Å².